The average molecular weight is 554 g/mol. The SMILES string of the molecule is CCCCCCCCCCCCC(O)CN(CCCCCCCC)CC(O)CCCCCCCCCCCC. The minimum atomic E-state index is -0.247. The van der Waals surface area contributed by atoms with Crippen LogP contribution in [0.25, 0.3) is 0 Å². The number of hydrogen-bond donors (Lipinski definition) is 2. The fraction of sp³-hybridized carbons (Fsp3) is 1.00. The van der Waals surface area contributed by atoms with Crippen molar-refractivity contribution < 1.29 is 10.2 Å². The van der Waals surface area contributed by atoms with Gasteiger partial charge in [-0.1, -0.05) is 181 Å². The van der Waals surface area contributed by atoms with E-state index in [0.717, 1.165) is 45.3 Å². The predicted octanol–water partition coefficient (Wildman–Crippen LogP) is 11.0. The van der Waals surface area contributed by atoms with E-state index in [1.807, 2.05) is 0 Å². The molecule has 3 heteroatoms. The summed E-state index contributed by atoms with van der Waals surface area (Å²) in [5.74, 6) is 0. The Labute approximate surface area is 247 Å². The van der Waals surface area contributed by atoms with Crippen molar-refractivity contribution in [1.29, 1.82) is 0 Å². The molecule has 0 aromatic heterocycles. The van der Waals surface area contributed by atoms with Crippen LogP contribution < -0.4 is 0 Å². The van der Waals surface area contributed by atoms with Gasteiger partial charge in [-0.2, -0.15) is 0 Å². The first-order chi connectivity index (χ1) is 19.1. The average Bonchev–Trinajstić information content (AvgIpc) is 2.92. The van der Waals surface area contributed by atoms with Gasteiger partial charge >= 0.3 is 0 Å². The van der Waals surface area contributed by atoms with Crippen LogP contribution in [0.3, 0.4) is 0 Å². The smallest absolute Gasteiger partial charge is 0.0667 e. The van der Waals surface area contributed by atoms with E-state index in [1.165, 1.54) is 154 Å². The van der Waals surface area contributed by atoms with Gasteiger partial charge in [-0.15, -0.1) is 0 Å². The van der Waals surface area contributed by atoms with E-state index in [1.54, 1.807) is 0 Å². The van der Waals surface area contributed by atoms with Gasteiger partial charge in [0.1, 0.15) is 0 Å². The third-order valence-electron chi connectivity index (χ3n) is 8.55. The van der Waals surface area contributed by atoms with E-state index >= 15 is 0 Å². The maximum Gasteiger partial charge on any atom is 0.0667 e. The lowest BCUT2D eigenvalue weighted by molar-refractivity contribution is 0.0596. The van der Waals surface area contributed by atoms with Crippen LogP contribution in [0.2, 0.25) is 0 Å². The number of rotatable bonds is 33. The summed E-state index contributed by atoms with van der Waals surface area (Å²) in [6.07, 6.45) is 35.9. The largest absolute Gasteiger partial charge is 0.392 e. The molecule has 236 valence electrons. The third-order valence-corrected chi connectivity index (χ3v) is 8.55. The molecule has 0 aliphatic heterocycles. The standard InChI is InChI=1S/C36H75NO2/c1-4-7-10-13-16-18-20-22-24-27-30-35(38)33-37(32-29-26-15-12-9-6-3)34-36(39)31-28-25-23-21-19-17-14-11-8-5-2/h35-36,38-39H,4-34H2,1-3H3. The molecule has 0 saturated heterocycles. The first kappa shape index (κ1) is 38.9. The highest BCUT2D eigenvalue weighted by molar-refractivity contribution is 4.70. The highest BCUT2D eigenvalue weighted by Gasteiger charge is 2.15. The van der Waals surface area contributed by atoms with E-state index < -0.39 is 0 Å². The molecule has 2 N–H and O–H groups in total. The van der Waals surface area contributed by atoms with Crippen LogP contribution in [0.1, 0.15) is 201 Å². The lowest BCUT2D eigenvalue weighted by Crippen LogP contribution is -2.38. The Morgan fingerprint density at radius 1 is 0.359 bits per heavy atom. The first-order valence-corrected chi connectivity index (χ1v) is 18.2. The Morgan fingerprint density at radius 3 is 0.923 bits per heavy atom. The monoisotopic (exact) mass is 554 g/mol. The van der Waals surface area contributed by atoms with Crippen molar-refractivity contribution in [2.75, 3.05) is 19.6 Å². The maximum absolute atomic E-state index is 10.8. The van der Waals surface area contributed by atoms with Crippen molar-refractivity contribution in [2.45, 2.75) is 213 Å². The van der Waals surface area contributed by atoms with Crippen molar-refractivity contribution in [1.82, 2.24) is 4.90 Å². The number of unbranched alkanes of at least 4 members (excludes halogenated alkanes) is 23. The molecule has 0 heterocycles. The summed E-state index contributed by atoms with van der Waals surface area (Å²) in [5.41, 5.74) is 0. The van der Waals surface area contributed by atoms with Crippen molar-refractivity contribution in [3.63, 3.8) is 0 Å². The Kier molecular flexibility index (Phi) is 32.3. The molecule has 0 amide bonds. The van der Waals surface area contributed by atoms with Gasteiger partial charge in [0, 0.05) is 13.1 Å². The number of hydrogen-bond acceptors (Lipinski definition) is 3. The van der Waals surface area contributed by atoms with Crippen molar-refractivity contribution in [2.24, 2.45) is 0 Å². The summed E-state index contributed by atoms with van der Waals surface area (Å²) in [6.45, 7) is 9.33. The Bertz CT molecular complexity index is 412. The fourth-order valence-electron chi connectivity index (χ4n) is 5.89. The van der Waals surface area contributed by atoms with Gasteiger partial charge in [0.05, 0.1) is 12.2 Å². The summed E-state index contributed by atoms with van der Waals surface area (Å²) in [7, 11) is 0. The zero-order valence-electron chi connectivity index (χ0n) is 27.4. The van der Waals surface area contributed by atoms with E-state index in [0.29, 0.717) is 0 Å². The molecule has 2 atom stereocenters. The molecule has 0 aromatic rings. The molecule has 0 aromatic carbocycles. The fourth-order valence-corrected chi connectivity index (χ4v) is 5.89. The van der Waals surface area contributed by atoms with Crippen molar-refractivity contribution in [3.8, 4) is 0 Å². The normalized spacial score (nSPS) is 13.4. The van der Waals surface area contributed by atoms with Gasteiger partial charge in [0.2, 0.25) is 0 Å². The summed E-state index contributed by atoms with van der Waals surface area (Å²) in [5, 5.41) is 21.5. The van der Waals surface area contributed by atoms with Crippen LogP contribution in [-0.4, -0.2) is 47.0 Å². The molecule has 0 aliphatic rings. The van der Waals surface area contributed by atoms with Crippen LogP contribution in [-0.2, 0) is 0 Å². The van der Waals surface area contributed by atoms with Gasteiger partial charge in [-0.05, 0) is 25.8 Å². The molecule has 2 unspecified atom stereocenters. The van der Waals surface area contributed by atoms with E-state index in [-0.39, 0.29) is 12.2 Å². The minimum Gasteiger partial charge on any atom is -0.392 e. The van der Waals surface area contributed by atoms with Crippen LogP contribution in [0.5, 0.6) is 0 Å². The van der Waals surface area contributed by atoms with Crippen molar-refractivity contribution in [3.05, 3.63) is 0 Å². The molecule has 0 saturated carbocycles. The van der Waals surface area contributed by atoms with Crippen LogP contribution in [0.15, 0.2) is 0 Å². The van der Waals surface area contributed by atoms with Gasteiger partial charge in [-0.25, -0.2) is 0 Å². The summed E-state index contributed by atoms with van der Waals surface area (Å²) >= 11 is 0. The third kappa shape index (κ3) is 30.7. The maximum atomic E-state index is 10.8. The molecule has 3 nitrogen and oxygen atoms in total. The first-order valence-electron chi connectivity index (χ1n) is 18.2. The van der Waals surface area contributed by atoms with Gasteiger partial charge in [0.15, 0.2) is 0 Å². The number of aliphatic hydroxyl groups is 2. The molecule has 0 fully saturated rings. The molecule has 0 bridgehead atoms. The Morgan fingerprint density at radius 2 is 0.615 bits per heavy atom. The van der Waals surface area contributed by atoms with Gasteiger partial charge in [0.25, 0.3) is 0 Å². The molecular weight excluding hydrogens is 478 g/mol. The van der Waals surface area contributed by atoms with Gasteiger partial charge in [-0.3, -0.25) is 4.90 Å². The second kappa shape index (κ2) is 32.4. The molecule has 0 aliphatic carbocycles. The zero-order chi connectivity index (χ0) is 28.7. The van der Waals surface area contributed by atoms with Crippen LogP contribution in [0, 0.1) is 0 Å². The molecule has 0 rings (SSSR count). The number of aliphatic hydroxyl groups excluding tert-OH is 2. The van der Waals surface area contributed by atoms with Crippen LogP contribution >= 0.6 is 0 Å². The van der Waals surface area contributed by atoms with E-state index in [2.05, 4.69) is 25.7 Å². The van der Waals surface area contributed by atoms with Crippen molar-refractivity contribution >= 4 is 0 Å². The van der Waals surface area contributed by atoms with E-state index in [9.17, 15) is 10.2 Å². The van der Waals surface area contributed by atoms with Crippen LogP contribution in [0.4, 0.5) is 0 Å². The Balaban J connectivity index is 4.09. The topological polar surface area (TPSA) is 43.7 Å². The highest BCUT2D eigenvalue weighted by Crippen LogP contribution is 2.15. The second-order valence-corrected chi connectivity index (χ2v) is 12.8. The predicted molar refractivity (Wildman–Crippen MR) is 175 cm³/mol. The molecule has 0 radical (unpaired) electrons. The number of nitrogens with zero attached hydrogens (tertiary/aromatic N) is 1. The lowest BCUT2D eigenvalue weighted by Gasteiger charge is -2.27. The summed E-state index contributed by atoms with van der Waals surface area (Å²) in [4.78, 5) is 2.38. The minimum absolute atomic E-state index is 0.247. The highest BCUT2D eigenvalue weighted by atomic mass is 16.3. The van der Waals surface area contributed by atoms with Gasteiger partial charge < -0.3 is 10.2 Å². The Hall–Kier alpha value is -0.120. The quantitative estimate of drug-likeness (QED) is 0.0794. The van der Waals surface area contributed by atoms with E-state index in [4.69, 9.17) is 0 Å². The summed E-state index contributed by atoms with van der Waals surface area (Å²) in [6, 6.07) is 0. The molecule has 0 spiro atoms. The lowest BCUT2D eigenvalue weighted by atomic mass is 10.0. The molecule has 39 heavy (non-hydrogen) atoms. The summed E-state index contributed by atoms with van der Waals surface area (Å²) < 4.78 is 0. The molecular formula is C36H75NO2. The second-order valence-electron chi connectivity index (χ2n) is 12.8. The zero-order valence-corrected chi connectivity index (χ0v) is 27.4.